The molecule has 1 aromatic heterocycles. The van der Waals surface area contributed by atoms with Crippen LogP contribution >= 0.6 is 0 Å². The smallest absolute Gasteiger partial charge is 0.351 e. The summed E-state index contributed by atoms with van der Waals surface area (Å²) in [6, 6.07) is 15.2. The van der Waals surface area contributed by atoms with E-state index in [2.05, 4.69) is 11.6 Å². The first-order valence-electron chi connectivity index (χ1n) is 10.2. The van der Waals surface area contributed by atoms with E-state index in [9.17, 15) is 4.79 Å². The molecule has 0 saturated heterocycles. The van der Waals surface area contributed by atoms with Gasteiger partial charge >= 0.3 is 5.69 Å². The van der Waals surface area contributed by atoms with Gasteiger partial charge in [-0.25, -0.2) is 4.79 Å². The SMILES string of the molecule is C=CCOc1ccc2c(c1)CCn1c-2cc(OCC2COc3ccccc3O2)nc1=O. The average Bonchev–Trinajstić information content (AvgIpc) is 2.81. The van der Waals surface area contributed by atoms with Crippen molar-refractivity contribution in [1.82, 2.24) is 9.55 Å². The average molecular weight is 418 g/mol. The molecule has 2 aromatic carbocycles. The number of fused-ring (bicyclic) bond motifs is 4. The first-order valence-corrected chi connectivity index (χ1v) is 10.2. The van der Waals surface area contributed by atoms with E-state index in [0.717, 1.165) is 34.7 Å². The third-order valence-corrected chi connectivity index (χ3v) is 5.30. The summed E-state index contributed by atoms with van der Waals surface area (Å²) in [6.45, 7) is 5.29. The summed E-state index contributed by atoms with van der Waals surface area (Å²) >= 11 is 0. The van der Waals surface area contributed by atoms with E-state index >= 15 is 0 Å². The van der Waals surface area contributed by atoms with Gasteiger partial charge < -0.3 is 18.9 Å². The fourth-order valence-corrected chi connectivity index (χ4v) is 3.83. The number of aryl methyl sites for hydroxylation is 1. The Morgan fingerprint density at radius 1 is 1.16 bits per heavy atom. The van der Waals surface area contributed by atoms with Crippen LogP contribution in [0.2, 0.25) is 0 Å². The standard InChI is InChI=1S/C24H22N2O5/c1-2-11-28-17-7-8-19-16(12-17)9-10-26-20(19)13-23(25-24(26)27)30-15-18-14-29-21-5-3-4-6-22(21)31-18/h2-8,12-13,18H,1,9-11,14-15H2. The summed E-state index contributed by atoms with van der Waals surface area (Å²) < 4.78 is 24.8. The number of nitrogens with zero attached hydrogens (tertiary/aromatic N) is 2. The highest BCUT2D eigenvalue weighted by atomic mass is 16.6. The summed E-state index contributed by atoms with van der Waals surface area (Å²) in [5, 5.41) is 0. The molecule has 0 saturated carbocycles. The molecule has 3 heterocycles. The van der Waals surface area contributed by atoms with Crippen LogP contribution in [0.15, 0.2) is 66.0 Å². The van der Waals surface area contributed by atoms with E-state index in [-0.39, 0.29) is 24.3 Å². The zero-order chi connectivity index (χ0) is 21.2. The van der Waals surface area contributed by atoms with Crippen LogP contribution in [0.25, 0.3) is 11.3 Å². The van der Waals surface area contributed by atoms with E-state index in [0.29, 0.717) is 25.5 Å². The van der Waals surface area contributed by atoms with Crippen LogP contribution < -0.4 is 24.6 Å². The van der Waals surface area contributed by atoms with Gasteiger partial charge in [-0.3, -0.25) is 4.57 Å². The molecule has 7 heteroatoms. The van der Waals surface area contributed by atoms with Crippen LogP contribution in [-0.2, 0) is 13.0 Å². The third-order valence-electron chi connectivity index (χ3n) is 5.30. The molecule has 2 aliphatic rings. The van der Waals surface area contributed by atoms with Crippen molar-refractivity contribution < 1.29 is 18.9 Å². The van der Waals surface area contributed by atoms with Crippen molar-refractivity contribution in [3.8, 4) is 34.4 Å². The molecule has 0 aliphatic carbocycles. The van der Waals surface area contributed by atoms with Crippen molar-refractivity contribution in [2.45, 2.75) is 19.1 Å². The summed E-state index contributed by atoms with van der Waals surface area (Å²) in [7, 11) is 0. The quantitative estimate of drug-likeness (QED) is 0.573. The second-order valence-electron chi connectivity index (χ2n) is 7.39. The van der Waals surface area contributed by atoms with Gasteiger partial charge in [-0.15, -0.1) is 0 Å². The molecule has 1 atom stereocenters. The van der Waals surface area contributed by atoms with Gasteiger partial charge in [0, 0.05) is 18.2 Å². The van der Waals surface area contributed by atoms with Gasteiger partial charge in [0.15, 0.2) is 17.6 Å². The topological polar surface area (TPSA) is 71.8 Å². The Labute approximate surface area is 179 Å². The summed E-state index contributed by atoms with van der Waals surface area (Å²) in [6.07, 6.45) is 2.16. The molecule has 0 N–H and O–H groups in total. The Morgan fingerprint density at radius 2 is 2.03 bits per heavy atom. The van der Waals surface area contributed by atoms with E-state index in [1.54, 1.807) is 16.7 Å². The molecule has 158 valence electrons. The van der Waals surface area contributed by atoms with Gasteiger partial charge in [-0.1, -0.05) is 24.8 Å². The van der Waals surface area contributed by atoms with Crippen molar-refractivity contribution in [1.29, 1.82) is 0 Å². The predicted molar refractivity (Wildman–Crippen MR) is 115 cm³/mol. The van der Waals surface area contributed by atoms with Gasteiger partial charge in [0.2, 0.25) is 5.88 Å². The number of para-hydroxylation sites is 2. The second-order valence-corrected chi connectivity index (χ2v) is 7.39. The highest BCUT2D eigenvalue weighted by molar-refractivity contribution is 5.67. The predicted octanol–water partition coefficient (Wildman–Crippen LogP) is 3.25. The molecule has 31 heavy (non-hydrogen) atoms. The molecule has 0 radical (unpaired) electrons. The van der Waals surface area contributed by atoms with Crippen molar-refractivity contribution >= 4 is 0 Å². The van der Waals surface area contributed by atoms with Crippen LogP contribution in [0.5, 0.6) is 23.1 Å². The van der Waals surface area contributed by atoms with Gasteiger partial charge in [0.25, 0.3) is 0 Å². The zero-order valence-corrected chi connectivity index (χ0v) is 17.0. The minimum absolute atomic E-state index is 0.228. The van der Waals surface area contributed by atoms with Gasteiger partial charge in [-0.05, 0) is 42.3 Å². The number of aromatic nitrogens is 2. The Bertz CT molecular complexity index is 1190. The first kappa shape index (κ1) is 19.2. The molecule has 0 amide bonds. The summed E-state index contributed by atoms with van der Waals surface area (Å²) in [4.78, 5) is 16.7. The normalized spacial score (nSPS) is 16.1. The number of benzene rings is 2. The largest absolute Gasteiger partial charge is 0.490 e. The molecule has 0 fully saturated rings. The number of hydrogen-bond acceptors (Lipinski definition) is 6. The Balaban J connectivity index is 1.35. The lowest BCUT2D eigenvalue weighted by atomic mass is 9.97. The Morgan fingerprint density at radius 3 is 2.90 bits per heavy atom. The lowest BCUT2D eigenvalue weighted by molar-refractivity contribution is 0.0520. The van der Waals surface area contributed by atoms with Crippen molar-refractivity contribution in [2.24, 2.45) is 0 Å². The fraction of sp³-hybridized carbons (Fsp3) is 0.250. The molecule has 0 bridgehead atoms. The molecule has 3 aromatic rings. The molecule has 1 unspecified atom stereocenters. The second kappa shape index (κ2) is 8.18. The number of ether oxygens (including phenoxy) is 4. The summed E-state index contributed by atoms with van der Waals surface area (Å²) in [5.74, 6) is 2.47. The van der Waals surface area contributed by atoms with Crippen molar-refractivity contribution in [3.63, 3.8) is 0 Å². The van der Waals surface area contributed by atoms with E-state index in [1.807, 2.05) is 42.5 Å². The Hall–Kier alpha value is -3.74. The van der Waals surface area contributed by atoms with Gasteiger partial charge in [0.05, 0.1) is 5.69 Å². The molecular weight excluding hydrogens is 396 g/mol. The molecule has 7 nitrogen and oxygen atoms in total. The minimum Gasteiger partial charge on any atom is -0.490 e. The maximum absolute atomic E-state index is 12.6. The first-order chi connectivity index (χ1) is 15.2. The lowest BCUT2D eigenvalue weighted by Gasteiger charge is -2.26. The van der Waals surface area contributed by atoms with Crippen LogP contribution in [0.3, 0.4) is 0 Å². The van der Waals surface area contributed by atoms with Crippen LogP contribution in [0, 0.1) is 0 Å². The maximum Gasteiger partial charge on any atom is 0.351 e. The molecule has 0 spiro atoms. The van der Waals surface area contributed by atoms with Gasteiger partial charge in [-0.2, -0.15) is 4.98 Å². The third kappa shape index (κ3) is 3.86. The van der Waals surface area contributed by atoms with Crippen molar-refractivity contribution in [2.75, 3.05) is 19.8 Å². The highest BCUT2D eigenvalue weighted by Gasteiger charge is 2.23. The maximum atomic E-state index is 12.6. The fourth-order valence-electron chi connectivity index (χ4n) is 3.83. The molecule has 5 rings (SSSR count). The van der Waals surface area contributed by atoms with Crippen molar-refractivity contribution in [3.05, 3.63) is 77.2 Å². The molecular formula is C24H22N2O5. The number of hydrogen-bond donors (Lipinski definition) is 0. The van der Waals surface area contributed by atoms with E-state index in [1.165, 1.54) is 0 Å². The molecule has 2 aliphatic heterocycles. The van der Waals surface area contributed by atoms with Crippen LogP contribution in [-0.4, -0.2) is 35.5 Å². The number of rotatable bonds is 6. The Kier molecular flexibility index (Phi) is 5.08. The summed E-state index contributed by atoms with van der Waals surface area (Å²) in [5.41, 5.74) is 2.57. The van der Waals surface area contributed by atoms with E-state index in [4.69, 9.17) is 18.9 Å². The van der Waals surface area contributed by atoms with E-state index < -0.39 is 0 Å². The van der Waals surface area contributed by atoms with Gasteiger partial charge in [0.1, 0.15) is 25.6 Å². The monoisotopic (exact) mass is 418 g/mol. The zero-order valence-electron chi connectivity index (χ0n) is 17.0. The van der Waals surface area contributed by atoms with Crippen LogP contribution in [0.4, 0.5) is 0 Å². The minimum atomic E-state index is -0.323. The highest BCUT2D eigenvalue weighted by Crippen LogP contribution is 2.33. The van der Waals surface area contributed by atoms with Crippen LogP contribution in [0.1, 0.15) is 5.56 Å². The lowest BCUT2D eigenvalue weighted by Crippen LogP contribution is -2.35.